The van der Waals surface area contributed by atoms with Gasteiger partial charge in [0.1, 0.15) is 0 Å². The van der Waals surface area contributed by atoms with Crippen LogP contribution in [0.4, 0.5) is 11.4 Å². The van der Waals surface area contributed by atoms with E-state index in [1.165, 1.54) is 29.6 Å². The van der Waals surface area contributed by atoms with E-state index in [0.717, 1.165) is 26.1 Å². The Hall–Kier alpha value is -1.27. The number of rotatable bonds is 2. The molecule has 2 heterocycles. The van der Waals surface area contributed by atoms with Gasteiger partial charge in [0.2, 0.25) is 10.0 Å². The molecule has 2 aliphatic rings. The van der Waals surface area contributed by atoms with Crippen LogP contribution in [-0.2, 0) is 16.4 Å². The van der Waals surface area contributed by atoms with Crippen molar-refractivity contribution in [2.75, 3.05) is 49.2 Å². The first-order chi connectivity index (χ1) is 9.55. The highest BCUT2D eigenvalue weighted by atomic mass is 32.2. The third-order valence-electron chi connectivity index (χ3n) is 4.10. The van der Waals surface area contributed by atoms with Crippen LogP contribution in [0.3, 0.4) is 0 Å². The van der Waals surface area contributed by atoms with Gasteiger partial charge in [-0.1, -0.05) is 12.1 Å². The molecule has 3 rings (SSSR count). The SMILES string of the molecule is CS(=O)(=O)N1CCN(c2cccc3c2NCCC3)CC1. The monoisotopic (exact) mass is 295 g/mol. The number of aryl methyl sites for hydroxylation is 1. The Morgan fingerprint density at radius 2 is 1.90 bits per heavy atom. The highest BCUT2D eigenvalue weighted by Gasteiger charge is 2.25. The molecule has 0 radical (unpaired) electrons. The van der Waals surface area contributed by atoms with Crippen molar-refractivity contribution in [3.63, 3.8) is 0 Å². The predicted octanol–water partition coefficient (Wildman–Crippen LogP) is 1.13. The van der Waals surface area contributed by atoms with E-state index in [2.05, 4.69) is 28.4 Å². The van der Waals surface area contributed by atoms with Gasteiger partial charge in [-0.05, 0) is 24.5 Å². The fraction of sp³-hybridized carbons (Fsp3) is 0.571. The molecule has 1 saturated heterocycles. The van der Waals surface area contributed by atoms with Crippen LogP contribution >= 0.6 is 0 Å². The average Bonchev–Trinajstić information content (AvgIpc) is 2.46. The lowest BCUT2D eigenvalue weighted by molar-refractivity contribution is 0.388. The van der Waals surface area contributed by atoms with Gasteiger partial charge in [-0.3, -0.25) is 0 Å². The van der Waals surface area contributed by atoms with Gasteiger partial charge in [-0.15, -0.1) is 0 Å². The maximum absolute atomic E-state index is 11.6. The van der Waals surface area contributed by atoms with E-state index in [9.17, 15) is 8.42 Å². The molecular weight excluding hydrogens is 274 g/mol. The van der Waals surface area contributed by atoms with Crippen LogP contribution in [0.25, 0.3) is 0 Å². The summed E-state index contributed by atoms with van der Waals surface area (Å²) in [5.41, 5.74) is 3.83. The van der Waals surface area contributed by atoms with Crippen LogP contribution in [0.15, 0.2) is 18.2 Å². The van der Waals surface area contributed by atoms with Gasteiger partial charge in [0.25, 0.3) is 0 Å². The molecule has 0 bridgehead atoms. The van der Waals surface area contributed by atoms with E-state index in [4.69, 9.17) is 0 Å². The zero-order valence-electron chi connectivity index (χ0n) is 11.8. The van der Waals surface area contributed by atoms with Crippen LogP contribution in [0, 0.1) is 0 Å². The molecule has 0 unspecified atom stereocenters. The number of hydrogen-bond acceptors (Lipinski definition) is 4. The lowest BCUT2D eigenvalue weighted by atomic mass is 10.0. The molecular formula is C14H21N3O2S. The third kappa shape index (κ3) is 2.62. The molecule has 1 aromatic rings. The quantitative estimate of drug-likeness (QED) is 0.888. The largest absolute Gasteiger partial charge is 0.383 e. The predicted molar refractivity (Wildman–Crippen MR) is 81.9 cm³/mol. The van der Waals surface area contributed by atoms with Crippen molar-refractivity contribution in [2.24, 2.45) is 0 Å². The van der Waals surface area contributed by atoms with E-state index >= 15 is 0 Å². The topological polar surface area (TPSA) is 52.7 Å². The van der Waals surface area contributed by atoms with Crippen LogP contribution in [0.1, 0.15) is 12.0 Å². The first-order valence-corrected chi connectivity index (χ1v) is 8.96. The van der Waals surface area contributed by atoms with E-state index in [-0.39, 0.29) is 0 Å². The Morgan fingerprint density at radius 1 is 1.15 bits per heavy atom. The maximum atomic E-state index is 11.6. The van der Waals surface area contributed by atoms with Crippen LogP contribution in [0.2, 0.25) is 0 Å². The van der Waals surface area contributed by atoms with Crippen molar-refractivity contribution < 1.29 is 8.42 Å². The number of benzene rings is 1. The number of hydrogen-bond donors (Lipinski definition) is 1. The van der Waals surface area contributed by atoms with E-state index in [0.29, 0.717) is 13.1 Å². The molecule has 20 heavy (non-hydrogen) atoms. The Bertz CT molecular complexity index is 592. The zero-order valence-corrected chi connectivity index (χ0v) is 12.6. The highest BCUT2D eigenvalue weighted by Crippen LogP contribution is 2.33. The first kappa shape index (κ1) is 13.7. The second-order valence-corrected chi connectivity index (χ2v) is 7.47. The molecule has 0 amide bonds. The van der Waals surface area contributed by atoms with Gasteiger partial charge >= 0.3 is 0 Å². The Balaban J connectivity index is 1.79. The molecule has 0 spiro atoms. The molecule has 1 N–H and O–H groups in total. The second kappa shape index (κ2) is 5.26. The third-order valence-corrected chi connectivity index (χ3v) is 5.40. The molecule has 110 valence electrons. The lowest BCUT2D eigenvalue weighted by Crippen LogP contribution is -2.48. The summed E-state index contributed by atoms with van der Waals surface area (Å²) in [5.74, 6) is 0. The van der Waals surface area contributed by atoms with Gasteiger partial charge in [0, 0.05) is 32.7 Å². The van der Waals surface area contributed by atoms with Crippen LogP contribution < -0.4 is 10.2 Å². The fourth-order valence-corrected chi connectivity index (χ4v) is 3.84. The molecule has 0 atom stereocenters. The normalized spacial score (nSPS) is 20.4. The summed E-state index contributed by atoms with van der Waals surface area (Å²) in [7, 11) is -3.06. The molecule has 5 nitrogen and oxygen atoms in total. The Morgan fingerprint density at radius 3 is 2.60 bits per heavy atom. The maximum Gasteiger partial charge on any atom is 0.211 e. The van der Waals surface area contributed by atoms with Crippen LogP contribution in [-0.4, -0.2) is 51.7 Å². The minimum Gasteiger partial charge on any atom is -0.383 e. The molecule has 2 aliphatic heterocycles. The van der Waals surface area contributed by atoms with E-state index < -0.39 is 10.0 Å². The van der Waals surface area contributed by atoms with Crippen molar-refractivity contribution in [1.82, 2.24) is 4.31 Å². The number of anilines is 2. The van der Waals surface area contributed by atoms with Crippen molar-refractivity contribution in [3.05, 3.63) is 23.8 Å². The average molecular weight is 295 g/mol. The number of piperazine rings is 1. The zero-order chi connectivity index (χ0) is 14.2. The first-order valence-electron chi connectivity index (χ1n) is 7.11. The summed E-state index contributed by atoms with van der Waals surface area (Å²) in [6.45, 7) is 3.68. The minimum atomic E-state index is -3.06. The van der Waals surface area contributed by atoms with Gasteiger partial charge in [-0.25, -0.2) is 8.42 Å². The molecule has 0 aromatic heterocycles. The summed E-state index contributed by atoms with van der Waals surface area (Å²) in [6, 6.07) is 6.41. The standard InChI is InChI=1S/C14H21N3O2S/c1-20(18,19)17-10-8-16(9-11-17)13-6-2-4-12-5-3-7-15-14(12)13/h2,4,6,15H,3,5,7-11H2,1H3. The minimum absolute atomic E-state index is 0.572. The van der Waals surface area contributed by atoms with Crippen LogP contribution in [0.5, 0.6) is 0 Å². The lowest BCUT2D eigenvalue weighted by Gasteiger charge is -2.36. The van der Waals surface area contributed by atoms with Crippen molar-refractivity contribution in [3.8, 4) is 0 Å². The van der Waals surface area contributed by atoms with Crippen molar-refractivity contribution in [2.45, 2.75) is 12.8 Å². The van der Waals surface area contributed by atoms with Gasteiger partial charge in [0.15, 0.2) is 0 Å². The number of sulfonamides is 1. The van der Waals surface area contributed by atoms with Crippen molar-refractivity contribution >= 4 is 21.4 Å². The van der Waals surface area contributed by atoms with Gasteiger partial charge in [-0.2, -0.15) is 4.31 Å². The number of nitrogens with one attached hydrogen (secondary N) is 1. The summed E-state index contributed by atoms with van der Waals surface area (Å²) < 4.78 is 24.7. The molecule has 6 heteroatoms. The molecule has 0 saturated carbocycles. The highest BCUT2D eigenvalue weighted by molar-refractivity contribution is 7.88. The van der Waals surface area contributed by atoms with E-state index in [1.54, 1.807) is 4.31 Å². The summed E-state index contributed by atoms with van der Waals surface area (Å²) >= 11 is 0. The fourth-order valence-electron chi connectivity index (χ4n) is 3.02. The van der Waals surface area contributed by atoms with E-state index in [1.807, 2.05) is 0 Å². The number of para-hydroxylation sites is 1. The molecule has 1 fully saturated rings. The Kier molecular flexibility index (Phi) is 3.60. The smallest absolute Gasteiger partial charge is 0.211 e. The van der Waals surface area contributed by atoms with Gasteiger partial charge < -0.3 is 10.2 Å². The summed E-state index contributed by atoms with van der Waals surface area (Å²) in [6.07, 6.45) is 3.59. The summed E-state index contributed by atoms with van der Waals surface area (Å²) in [4.78, 5) is 2.29. The van der Waals surface area contributed by atoms with Gasteiger partial charge in [0.05, 0.1) is 17.6 Å². The number of fused-ring (bicyclic) bond motifs is 1. The molecule has 0 aliphatic carbocycles. The molecule has 1 aromatic carbocycles. The Labute approximate surface area is 120 Å². The summed E-state index contributed by atoms with van der Waals surface area (Å²) in [5, 5.41) is 3.50. The van der Waals surface area contributed by atoms with Crippen molar-refractivity contribution in [1.29, 1.82) is 0 Å². The number of nitrogens with zero attached hydrogens (tertiary/aromatic N) is 2. The second-order valence-electron chi connectivity index (χ2n) is 5.49.